The molecule has 0 bridgehead atoms. The summed E-state index contributed by atoms with van der Waals surface area (Å²) < 4.78 is 29.9. The van der Waals surface area contributed by atoms with Gasteiger partial charge in [0.2, 0.25) is 15.9 Å². The molecule has 168 valence electrons. The van der Waals surface area contributed by atoms with Crippen LogP contribution in [-0.2, 0) is 14.8 Å². The van der Waals surface area contributed by atoms with Crippen LogP contribution >= 0.6 is 0 Å². The molecule has 1 saturated heterocycles. The van der Waals surface area contributed by atoms with Crippen LogP contribution in [0.25, 0.3) is 5.82 Å². The highest BCUT2D eigenvalue weighted by molar-refractivity contribution is 7.89. The number of hydrogen-bond donors (Lipinski definition) is 1. The zero-order valence-corrected chi connectivity index (χ0v) is 19.1. The molecule has 3 aromatic rings. The van der Waals surface area contributed by atoms with Gasteiger partial charge in [0.1, 0.15) is 17.5 Å². The Morgan fingerprint density at radius 2 is 1.62 bits per heavy atom. The lowest BCUT2D eigenvalue weighted by atomic mass is 10.2. The van der Waals surface area contributed by atoms with Crippen molar-refractivity contribution in [3.05, 3.63) is 60.2 Å². The highest BCUT2D eigenvalue weighted by Crippen LogP contribution is 2.25. The number of nitrogens with zero attached hydrogens (tertiary/aromatic N) is 5. The molecule has 0 unspecified atom stereocenters. The van der Waals surface area contributed by atoms with Gasteiger partial charge in [-0.1, -0.05) is 0 Å². The first kappa shape index (κ1) is 22.0. The van der Waals surface area contributed by atoms with Gasteiger partial charge in [0, 0.05) is 57.3 Å². The summed E-state index contributed by atoms with van der Waals surface area (Å²) in [7, 11) is -3.64. The first-order valence-corrected chi connectivity index (χ1v) is 11.8. The zero-order chi connectivity index (χ0) is 22.9. The minimum Gasteiger partial charge on any atom is -0.354 e. The predicted octanol–water partition coefficient (Wildman–Crippen LogP) is 2.35. The third kappa shape index (κ3) is 4.51. The van der Waals surface area contributed by atoms with Crippen molar-refractivity contribution < 1.29 is 13.2 Å². The van der Waals surface area contributed by atoms with E-state index < -0.39 is 10.0 Å². The van der Waals surface area contributed by atoms with Gasteiger partial charge in [-0.15, -0.1) is 0 Å². The largest absolute Gasteiger partial charge is 0.354 e. The number of nitrogens with one attached hydrogen (secondary N) is 1. The van der Waals surface area contributed by atoms with Gasteiger partial charge in [0.15, 0.2) is 0 Å². The van der Waals surface area contributed by atoms with Gasteiger partial charge >= 0.3 is 0 Å². The van der Waals surface area contributed by atoms with Crippen LogP contribution in [0.3, 0.4) is 0 Å². The minimum absolute atomic E-state index is 0.198. The molecule has 1 aromatic carbocycles. The summed E-state index contributed by atoms with van der Waals surface area (Å²) in [6, 6.07) is 10.6. The number of benzene rings is 1. The first-order valence-electron chi connectivity index (χ1n) is 10.4. The lowest BCUT2D eigenvalue weighted by molar-refractivity contribution is -0.114. The van der Waals surface area contributed by atoms with Crippen LogP contribution in [0.4, 0.5) is 11.5 Å². The molecular formula is C22H26N6O3S. The van der Waals surface area contributed by atoms with Crippen molar-refractivity contribution in [2.75, 3.05) is 36.4 Å². The van der Waals surface area contributed by atoms with Gasteiger partial charge in [-0.2, -0.15) is 4.31 Å². The van der Waals surface area contributed by atoms with Crippen molar-refractivity contribution in [1.82, 2.24) is 18.8 Å². The van der Waals surface area contributed by atoms with Crippen molar-refractivity contribution in [3.8, 4) is 5.82 Å². The summed E-state index contributed by atoms with van der Waals surface area (Å²) >= 11 is 0. The summed E-state index contributed by atoms with van der Waals surface area (Å²) in [5.74, 6) is 2.03. The lowest BCUT2D eigenvalue weighted by Gasteiger charge is -2.35. The average Bonchev–Trinajstić information content (AvgIpc) is 3.28. The number of rotatable bonds is 5. The third-order valence-corrected chi connectivity index (χ3v) is 7.41. The van der Waals surface area contributed by atoms with Gasteiger partial charge in [-0.05, 0) is 49.7 Å². The average molecular weight is 455 g/mol. The maximum Gasteiger partial charge on any atom is 0.243 e. The Kier molecular flexibility index (Phi) is 5.98. The quantitative estimate of drug-likeness (QED) is 0.635. The van der Waals surface area contributed by atoms with Crippen molar-refractivity contribution in [3.63, 3.8) is 0 Å². The Bertz CT molecular complexity index is 1230. The zero-order valence-electron chi connectivity index (χ0n) is 18.3. The van der Waals surface area contributed by atoms with Crippen molar-refractivity contribution in [2.24, 2.45) is 0 Å². The highest BCUT2D eigenvalue weighted by Gasteiger charge is 2.30. The molecule has 1 aliphatic rings. The maximum atomic E-state index is 13.2. The molecule has 1 fully saturated rings. The second-order valence-electron chi connectivity index (χ2n) is 7.77. The summed E-state index contributed by atoms with van der Waals surface area (Å²) in [5, 5.41) is 2.68. The molecule has 0 saturated carbocycles. The molecule has 3 heterocycles. The van der Waals surface area contributed by atoms with E-state index in [4.69, 9.17) is 0 Å². The van der Waals surface area contributed by atoms with E-state index in [-0.39, 0.29) is 10.8 Å². The van der Waals surface area contributed by atoms with Crippen LogP contribution in [0, 0.1) is 13.8 Å². The van der Waals surface area contributed by atoms with Crippen molar-refractivity contribution >= 4 is 27.4 Å². The molecule has 0 spiro atoms. The standard InChI is InChI=1S/C22H26N6O3S/c1-16-14-19(25-18(3)29)6-7-20(16)32(30,31)28-12-10-27(11-13-28)22-15-21(23-17(2)24-22)26-8-4-5-9-26/h4-9,14-15H,10-13H2,1-3H3,(H,25,29). The number of aromatic nitrogens is 3. The van der Waals surface area contributed by atoms with Crippen molar-refractivity contribution in [2.45, 2.75) is 25.7 Å². The van der Waals surface area contributed by atoms with Crippen LogP contribution in [0.5, 0.6) is 0 Å². The predicted molar refractivity (Wildman–Crippen MR) is 123 cm³/mol. The van der Waals surface area contributed by atoms with Crippen LogP contribution < -0.4 is 10.2 Å². The number of carbonyl (C=O) groups is 1. The Morgan fingerprint density at radius 1 is 0.969 bits per heavy atom. The molecule has 1 N–H and O–H groups in total. The SMILES string of the molecule is CC(=O)Nc1ccc(S(=O)(=O)N2CCN(c3cc(-n4cccc4)nc(C)n3)CC2)c(C)c1. The molecule has 4 rings (SSSR count). The lowest BCUT2D eigenvalue weighted by Crippen LogP contribution is -2.49. The second kappa shape index (κ2) is 8.71. The van der Waals surface area contributed by atoms with Crippen LogP contribution in [0.2, 0.25) is 0 Å². The van der Waals surface area contributed by atoms with E-state index >= 15 is 0 Å². The second-order valence-corrected chi connectivity index (χ2v) is 9.68. The Labute approximate surface area is 187 Å². The summed E-state index contributed by atoms with van der Waals surface area (Å²) in [6.07, 6.45) is 3.85. The van der Waals surface area contributed by atoms with Gasteiger partial charge < -0.3 is 14.8 Å². The van der Waals surface area contributed by atoms with E-state index in [0.717, 1.165) is 11.6 Å². The summed E-state index contributed by atoms with van der Waals surface area (Å²) in [5.41, 5.74) is 1.18. The number of piperazine rings is 1. The smallest absolute Gasteiger partial charge is 0.243 e. The van der Waals surface area contributed by atoms with E-state index in [1.165, 1.54) is 11.2 Å². The Balaban J connectivity index is 1.50. The van der Waals surface area contributed by atoms with Gasteiger partial charge in [-0.3, -0.25) is 4.79 Å². The third-order valence-electron chi connectivity index (χ3n) is 5.36. The summed E-state index contributed by atoms with van der Waals surface area (Å²) in [4.78, 5) is 22.7. The van der Waals surface area contributed by atoms with Gasteiger partial charge in [0.25, 0.3) is 0 Å². The fourth-order valence-electron chi connectivity index (χ4n) is 3.83. The molecule has 10 heteroatoms. The molecule has 2 aromatic heterocycles. The van der Waals surface area contributed by atoms with E-state index in [0.29, 0.717) is 43.3 Å². The number of aryl methyl sites for hydroxylation is 2. The van der Waals surface area contributed by atoms with E-state index in [1.54, 1.807) is 25.1 Å². The monoisotopic (exact) mass is 454 g/mol. The highest BCUT2D eigenvalue weighted by atomic mass is 32.2. The topological polar surface area (TPSA) is 100 Å². The van der Waals surface area contributed by atoms with Crippen LogP contribution in [0.1, 0.15) is 18.3 Å². The fraction of sp³-hybridized carbons (Fsp3) is 0.318. The Hall–Kier alpha value is -3.24. The molecule has 32 heavy (non-hydrogen) atoms. The molecule has 1 amide bonds. The molecule has 0 atom stereocenters. The number of anilines is 2. The molecule has 1 aliphatic heterocycles. The Morgan fingerprint density at radius 3 is 2.25 bits per heavy atom. The normalized spacial score (nSPS) is 15.0. The van der Waals surface area contributed by atoms with E-state index in [9.17, 15) is 13.2 Å². The number of carbonyl (C=O) groups excluding carboxylic acids is 1. The minimum atomic E-state index is -3.64. The first-order chi connectivity index (χ1) is 15.2. The summed E-state index contributed by atoms with van der Waals surface area (Å²) in [6.45, 7) is 6.79. The van der Waals surface area contributed by atoms with Crippen molar-refractivity contribution in [1.29, 1.82) is 0 Å². The molecule has 0 radical (unpaired) electrons. The molecular weight excluding hydrogens is 428 g/mol. The van der Waals surface area contributed by atoms with Crippen LogP contribution in [0.15, 0.2) is 53.7 Å². The van der Waals surface area contributed by atoms with Gasteiger partial charge in [0.05, 0.1) is 4.90 Å². The van der Waals surface area contributed by atoms with Crippen LogP contribution in [-0.4, -0.2) is 59.3 Å². The maximum absolute atomic E-state index is 13.2. The molecule has 9 nitrogen and oxygen atoms in total. The van der Waals surface area contributed by atoms with E-state index in [2.05, 4.69) is 20.2 Å². The number of sulfonamides is 1. The van der Waals surface area contributed by atoms with E-state index in [1.807, 2.05) is 42.1 Å². The fourth-order valence-corrected chi connectivity index (χ4v) is 5.46. The number of hydrogen-bond acceptors (Lipinski definition) is 6. The molecule has 0 aliphatic carbocycles. The van der Waals surface area contributed by atoms with Gasteiger partial charge in [-0.25, -0.2) is 18.4 Å². The number of amides is 1.